The molecule has 0 fully saturated rings. The zero-order chi connectivity index (χ0) is 24.8. The van der Waals surface area contributed by atoms with Gasteiger partial charge in [-0.15, -0.1) is 0 Å². The number of methoxy groups -OCH3 is 2. The number of benzene rings is 3. The predicted octanol–water partition coefficient (Wildman–Crippen LogP) is 6.24. The Morgan fingerprint density at radius 2 is 1.77 bits per heavy atom. The first-order valence-corrected chi connectivity index (χ1v) is 11.4. The van der Waals surface area contributed by atoms with Crippen LogP contribution < -0.4 is 19.5 Å². The molecule has 1 heterocycles. The van der Waals surface area contributed by atoms with Gasteiger partial charge in [0.2, 0.25) is 5.91 Å². The molecule has 0 spiro atoms. The zero-order valence-corrected chi connectivity index (χ0v) is 20.4. The van der Waals surface area contributed by atoms with E-state index < -0.39 is 0 Å². The molecule has 0 aliphatic heterocycles. The Labute approximate surface area is 205 Å². The van der Waals surface area contributed by atoms with E-state index in [0.717, 1.165) is 50.3 Å². The van der Waals surface area contributed by atoms with Crippen LogP contribution in [-0.4, -0.2) is 26.7 Å². The molecule has 1 N–H and O–H groups in total. The molecular formula is C29H29NO5. The molecule has 1 amide bonds. The summed E-state index contributed by atoms with van der Waals surface area (Å²) in [7, 11) is 3.27. The summed E-state index contributed by atoms with van der Waals surface area (Å²) in [5, 5.41) is 3.88. The predicted molar refractivity (Wildman–Crippen MR) is 138 cm³/mol. The van der Waals surface area contributed by atoms with Crippen molar-refractivity contribution in [3.8, 4) is 28.4 Å². The third-order valence-corrected chi connectivity index (χ3v) is 5.75. The molecule has 0 radical (unpaired) electrons. The number of carbonyl (C=O) groups is 1. The number of rotatable bonds is 9. The van der Waals surface area contributed by atoms with Crippen molar-refractivity contribution in [3.05, 3.63) is 84.1 Å². The fourth-order valence-electron chi connectivity index (χ4n) is 3.93. The molecule has 0 saturated heterocycles. The van der Waals surface area contributed by atoms with Crippen LogP contribution in [0.15, 0.2) is 77.4 Å². The lowest BCUT2D eigenvalue weighted by Gasteiger charge is -2.12. The van der Waals surface area contributed by atoms with E-state index in [1.165, 1.54) is 0 Å². The van der Waals surface area contributed by atoms with Gasteiger partial charge in [-0.2, -0.15) is 0 Å². The minimum Gasteiger partial charge on any atom is -0.497 e. The molecule has 0 atom stereocenters. The number of fused-ring (bicyclic) bond motifs is 1. The van der Waals surface area contributed by atoms with E-state index in [1.54, 1.807) is 26.6 Å². The molecule has 6 heteroatoms. The van der Waals surface area contributed by atoms with E-state index in [0.29, 0.717) is 18.9 Å². The summed E-state index contributed by atoms with van der Waals surface area (Å²) in [5.41, 5.74) is 5.29. The molecule has 6 nitrogen and oxygen atoms in total. The SMILES string of the molecule is CCOc1cc2occ(-c3ccc(OC)cc3)c2cc1/C(C)=C/C(=O)NCc1cccc(OC)c1. The maximum absolute atomic E-state index is 12.7. The van der Waals surface area contributed by atoms with Gasteiger partial charge in [0.05, 0.1) is 27.1 Å². The van der Waals surface area contributed by atoms with Crippen molar-refractivity contribution in [1.82, 2.24) is 5.32 Å². The number of amides is 1. The van der Waals surface area contributed by atoms with Crippen LogP contribution in [0.5, 0.6) is 17.2 Å². The number of furan rings is 1. The van der Waals surface area contributed by atoms with Crippen molar-refractivity contribution in [1.29, 1.82) is 0 Å². The molecule has 0 unspecified atom stereocenters. The first-order chi connectivity index (χ1) is 17.0. The third-order valence-electron chi connectivity index (χ3n) is 5.75. The molecule has 0 aliphatic rings. The number of ether oxygens (including phenoxy) is 3. The lowest BCUT2D eigenvalue weighted by atomic mass is 9.99. The fraction of sp³-hybridized carbons (Fsp3) is 0.207. The average Bonchev–Trinajstić information content (AvgIpc) is 3.30. The van der Waals surface area contributed by atoms with Crippen LogP contribution in [0.2, 0.25) is 0 Å². The van der Waals surface area contributed by atoms with E-state index in [9.17, 15) is 4.79 Å². The average molecular weight is 472 g/mol. The Balaban J connectivity index is 1.62. The second-order valence-electron chi connectivity index (χ2n) is 8.05. The van der Waals surface area contributed by atoms with E-state index in [-0.39, 0.29) is 5.91 Å². The van der Waals surface area contributed by atoms with Crippen LogP contribution in [-0.2, 0) is 11.3 Å². The highest BCUT2D eigenvalue weighted by Crippen LogP contribution is 2.38. The number of hydrogen-bond donors (Lipinski definition) is 1. The van der Waals surface area contributed by atoms with Crippen molar-refractivity contribution in [2.45, 2.75) is 20.4 Å². The first kappa shape index (κ1) is 24.0. The largest absolute Gasteiger partial charge is 0.497 e. The fourth-order valence-corrected chi connectivity index (χ4v) is 3.93. The highest BCUT2D eigenvalue weighted by molar-refractivity contribution is 6.00. The smallest absolute Gasteiger partial charge is 0.244 e. The molecule has 4 aromatic rings. The maximum Gasteiger partial charge on any atom is 0.244 e. The van der Waals surface area contributed by atoms with Crippen LogP contribution >= 0.6 is 0 Å². The van der Waals surface area contributed by atoms with Gasteiger partial charge in [0.15, 0.2) is 0 Å². The Kier molecular flexibility index (Phi) is 7.41. The monoisotopic (exact) mass is 471 g/mol. The van der Waals surface area contributed by atoms with E-state index in [1.807, 2.05) is 74.5 Å². The minimum absolute atomic E-state index is 0.185. The normalized spacial score (nSPS) is 11.4. The lowest BCUT2D eigenvalue weighted by Crippen LogP contribution is -2.20. The molecule has 0 aliphatic carbocycles. The topological polar surface area (TPSA) is 69.9 Å². The van der Waals surface area contributed by atoms with Crippen LogP contribution in [0.4, 0.5) is 0 Å². The van der Waals surface area contributed by atoms with E-state index in [4.69, 9.17) is 18.6 Å². The van der Waals surface area contributed by atoms with Gasteiger partial charge in [0.1, 0.15) is 22.8 Å². The van der Waals surface area contributed by atoms with Gasteiger partial charge in [0, 0.05) is 35.2 Å². The molecule has 35 heavy (non-hydrogen) atoms. The zero-order valence-electron chi connectivity index (χ0n) is 20.4. The number of nitrogens with one attached hydrogen (secondary N) is 1. The number of allylic oxidation sites excluding steroid dienone is 1. The van der Waals surface area contributed by atoms with Gasteiger partial charge in [-0.25, -0.2) is 0 Å². The summed E-state index contributed by atoms with van der Waals surface area (Å²) in [5.74, 6) is 2.03. The summed E-state index contributed by atoms with van der Waals surface area (Å²) in [6.45, 7) is 4.74. The van der Waals surface area contributed by atoms with Crippen molar-refractivity contribution >= 4 is 22.4 Å². The number of hydrogen-bond acceptors (Lipinski definition) is 5. The van der Waals surface area contributed by atoms with Crippen LogP contribution in [0.3, 0.4) is 0 Å². The van der Waals surface area contributed by atoms with Gasteiger partial charge in [-0.1, -0.05) is 24.3 Å². The minimum atomic E-state index is -0.185. The van der Waals surface area contributed by atoms with Gasteiger partial charge in [-0.05, 0) is 60.9 Å². The highest BCUT2D eigenvalue weighted by atomic mass is 16.5. The van der Waals surface area contributed by atoms with Crippen molar-refractivity contribution in [2.75, 3.05) is 20.8 Å². The van der Waals surface area contributed by atoms with Crippen LogP contribution in [0, 0.1) is 0 Å². The van der Waals surface area contributed by atoms with Crippen molar-refractivity contribution in [3.63, 3.8) is 0 Å². The summed E-state index contributed by atoms with van der Waals surface area (Å²) >= 11 is 0. The molecule has 0 saturated carbocycles. The lowest BCUT2D eigenvalue weighted by molar-refractivity contribution is -0.116. The van der Waals surface area contributed by atoms with E-state index in [2.05, 4.69) is 5.32 Å². The second-order valence-corrected chi connectivity index (χ2v) is 8.05. The second kappa shape index (κ2) is 10.8. The molecule has 180 valence electrons. The number of carbonyl (C=O) groups excluding carboxylic acids is 1. The maximum atomic E-state index is 12.7. The third kappa shape index (κ3) is 5.49. The van der Waals surface area contributed by atoms with Gasteiger partial charge < -0.3 is 23.9 Å². The molecule has 3 aromatic carbocycles. The Bertz CT molecular complexity index is 1350. The Hall–Kier alpha value is -4.19. The summed E-state index contributed by atoms with van der Waals surface area (Å²) in [4.78, 5) is 12.7. The quantitative estimate of drug-likeness (QED) is 0.293. The molecular weight excluding hydrogens is 442 g/mol. The summed E-state index contributed by atoms with van der Waals surface area (Å²) in [6.07, 6.45) is 3.34. The van der Waals surface area contributed by atoms with Crippen molar-refractivity contribution < 1.29 is 23.4 Å². The van der Waals surface area contributed by atoms with Crippen molar-refractivity contribution in [2.24, 2.45) is 0 Å². The van der Waals surface area contributed by atoms with Gasteiger partial charge >= 0.3 is 0 Å². The Morgan fingerprint density at radius 1 is 1.00 bits per heavy atom. The van der Waals surface area contributed by atoms with Crippen LogP contribution in [0.25, 0.3) is 27.7 Å². The standard InChI is InChI=1S/C29H29NO5/c1-5-34-27-16-28-25(26(18-35-28)21-9-11-22(32-3)12-10-21)15-24(27)19(2)13-29(31)30-17-20-7-6-8-23(14-20)33-4/h6-16,18H,5,17H2,1-4H3,(H,30,31)/b19-13+. The highest BCUT2D eigenvalue weighted by Gasteiger charge is 2.15. The summed E-state index contributed by atoms with van der Waals surface area (Å²) < 4.78 is 22.3. The first-order valence-electron chi connectivity index (χ1n) is 11.4. The molecule has 1 aromatic heterocycles. The van der Waals surface area contributed by atoms with E-state index >= 15 is 0 Å². The van der Waals surface area contributed by atoms with Gasteiger partial charge in [-0.3, -0.25) is 4.79 Å². The van der Waals surface area contributed by atoms with Gasteiger partial charge in [0.25, 0.3) is 0 Å². The van der Waals surface area contributed by atoms with Crippen LogP contribution in [0.1, 0.15) is 25.0 Å². The molecule has 0 bridgehead atoms. The summed E-state index contributed by atoms with van der Waals surface area (Å²) in [6, 6.07) is 19.3. The Morgan fingerprint density at radius 3 is 2.49 bits per heavy atom. The molecule has 4 rings (SSSR count).